The van der Waals surface area contributed by atoms with E-state index in [1.165, 1.54) is 12.3 Å². The zero-order valence-electron chi connectivity index (χ0n) is 7.53. The highest BCUT2D eigenvalue weighted by molar-refractivity contribution is 5.13. The normalized spacial score (nSPS) is 15.3. The molecular weight excluding hydrogens is 168 g/mol. The van der Waals surface area contributed by atoms with E-state index in [1.54, 1.807) is 6.07 Å². The van der Waals surface area contributed by atoms with Crippen LogP contribution in [0, 0.1) is 0 Å². The Morgan fingerprint density at radius 3 is 2.77 bits per heavy atom. The van der Waals surface area contributed by atoms with Crippen molar-refractivity contribution in [3.63, 3.8) is 0 Å². The maximum atomic E-state index is 10.7. The first-order chi connectivity index (χ1) is 6.15. The molecule has 0 aliphatic heterocycles. The molecule has 0 radical (unpaired) electrons. The summed E-state index contributed by atoms with van der Waals surface area (Å²) in [5.41, 5.74) is 6.11. The molecule has 0 fully saturated rings. The Morgan fingerprint density at radius 1 is 1.62 bits per heavy atom. The Bertz CT molecular complexity index is 301. The van der Waals surface area contributed by atoms with Gasteiger partial charge in [-0.05, 0) is 18.1 Å². The van der Waals surface area contributed by atoms with Gasteiger partial charge in [0.1, 0.15) is 0 Å². The van der Waals surface area contributed by atoms with Crippen LogP contribution in [-0.2, 0) is 0 Å². The average Bonchev–Trinajstić information content (AvgIpc) is 2.17. The monoisotopic (exact) mass is 182 g/mol. The highest BCUT2D eigenvalue weighted by Crippen LogP contribution is 2.14. The van der Waals surface area contributed by atoms with E-state index in [4.69, 9.17) is 5.73 Å². The Morgan fingerprint density at radius 2 is 2.31 bits per heavy atom. The van der Waals surface area contributed by atoms with Gasteiger partial charge in [0, 0.05) is 18.3 Å². The van der Waals surface area contributed by atoms with E-state index in [-0.39, 0.29) is 11.6 Å². The fourth-order valence-corrected chi connectivity index (χ4v) is 1.08. The molecule has 4 nitrogen and oxygen atoms in total. The van der Waals surface area contributed by atoms with Crippen molar-refractivity contribution in [1.29, 1.82) is 0 Å². The van der Waals surface area contributed by atoms with E-state index in [1.807, 2.05) is 6.92 Å². The summed E-state index contributed by atoms with van der Waals surface area (Å²) in [7, 11) is 0. The Labute approximate surface area is 76.4 Å². The Hall–Kier alpha value is -1.13. The number of nitrogens with one attached hydrogen (secondary N) is 1. The molecule has 72 valence electrons. The molecule has 13 heavy (non-hydrogen) atoms. The van der Waals surface area contributed by atoms with Crippen LogP contribution in [0.3, 0.4) is 0 Å². The molecule has 4 N–H and O–H groups in total. The standard InChI is InChI=1S/C9H14N2O2/c1-2-7(10)9(13)6-3-4-8(12)11-5-6/h3-5,7,9,13H,2,10H2,1H3,(H,11,12)/t7-,9-/m0/s1. The number of aliphatic hydroxyl groups is 1. The number of aromatic amines is 1. The van der Waals surface area contributed by atoms with E-state index in [9.17, 15) is 9.90 Å². The van der Waals surface area contributed by atoms with Crippen molar-refractivity contribution in [3.05, 3.63) is 34.2 Å². The molecule has 0 spiro atoms. The second kappa shape index (κ2) is 4.20. The van der Waals surface area contributed by atoms with Crippen LogP contribution < -0.4 is 11.3 Å². The molecule has 0 amide bonds. The van der Waals surface area contributed by atoms with Crippen LogP contribution in [-0.4, -0.2) is 16.1 Å². The molecule has 0 aliphatic rings. The molecule has 1 heterocycles. The lowest BCUT2D eigenvalue weighted by atomic mass is 10.0. The van der Waals surface area contributed by atoms with Crippen LogP contribution in [0.1, 0.15) is 25.0 Å². The summed E-state index contributed by atoms with van der Waals surface area (Å²) in [5, 5.41) is 9.63. The number of H-pyrrole nitrogens is 1. The molecule has 2 atom stereocenters. The largest absolute Gasteiger partial charge is 0.387 e. The van der Waals surface area contributed by atoms with Gasteiger partial charge in [-0.1, -0.05) is 6.92 Å². The van der Waals surface area contributed by atoms with Crippen molar-refractivity contribution >= 4 is 0 Å². The first-order valence-corrected chi connectivity index (χ1v) is 4.27. The van der Waals surface area contributed by atoms with Crippen molar-refractivity contribution in [2.45, 2.75) is 25.5 Å². The molecular formula is C9H14N2O2. The number of aliphatic hydroxyl groups excluding tert-OH is 1. The number of hydrogen-bond donors (Lipinski definition) is 3. The van der Waals surface area contributed by atoms with Gasteiger partial charge in [-0.3, -0.25) is 4.79 Å². The third kappa shape index (κ3) is 2.40. The van der Waals surface area contributed by atoms with Gasteiger partial charge in [0.25, 0.3) is 0 Å². The summed E-state index contributed by atoms with van der Waals surface area (Å²) in [6.07, 6.45) is 1.48. The summed E-state index contributed by atoms with van der Waals surface area (Å²) in [4.78, 5) is 13.2. The highest BCUT2D eigenvalue weighted by Gasteiger charge is 2.14. The molecule has 0 saturated carbocycles. The third-order valence-electron chi connectivity index (χ3n) is 2.03. The van der Waals surface area contributed by atoms with Crippen LogP contribution in [0.5, 0.6) is 0 Å². The number of rotatable bonds is 3. The van der Waals surface area contributed by atoms with Gasteiger partial charge < -0.3 is 15.8 Å². The molecule has 0 unspecified atom stereocenters. The van der Waals surface area contributed by atoms with Crippen LogP contribution in [0.2, 0.25) is 0 Å². The van der Waals surface area contributed by atoms with Crippen LogP contribution in [0.25, 0.3) is 0 Å². The average molecular weight is 182 g/mol. The summed E-state index contributed by atoms with van der Waals surface area (Å²) in [6, 6.07) is 2.67. The van der Waals surface area contributed by atoms with Crippen molar-refractivity contribution in [2.24, 2.45) is 5.73 Å². The maximum absolute atomic E-state index is 10.7. The summed E-state index contributed by atoms with van der Waals surface area (Å²) in [5.74, 6) is 0. The fraction of sp³-hybridized carbons (Fsp3) is 0.444. The summed E-state index contributed by atoms with van der Waals surface area (Å²) >= 11 is 0. The molecule has 1 aromatic heterocycles. The van der Waals surface area contributed by atoms with Gasteiger partial charge in [-0.15, -0.1) is 0 Å². The van der Waals surface area contributed by atoms with Gasteiger partial charge in [-0.25, -0.2) is 0 Å². The molecule has 0 bridgehead atoms. The first-order valence-electron chi connectivity index (χ1n) is 4.27. The van der Waals surface area contributed by atoms with Crippen LogP contribution >= 0.6 is 0 Å². The predicted octanol–water partition coefficient (Wildman–Crippen LogP) is 0.146. The molecule has 1 aromatic rings. The molecule has 0 saturated heterocycles. The van der Waals surface area contributed by atoms with Gasteiger partial charge in [0.2, 0.25) is 5.56 Å². The Balaban J connectivity index is 2.83. The quantitative estimate of drug-likeness (QED) is 0.622. The van der Waals surface area contributed by atoms with Gasteiger partial charge in [0.05, 0.1) is 6.10 Å². The first kappa shape index (κ1) is 9.95. The number of hydrogen-bond acceptors (Lipinski definition) is 3. The number of aromatic nitrogens is 1. The van der Waals surface area contributed by atoms with Gasteiger partial charge >= 0.3 is 0 Å². The minimum absolute atomic E-state index is 0.180. The summed E-state index contributed by atoms with van der Waals surface area (Å²) < 4.78 is 0. The van der Waals surface area contributed by atoms with E-state index >= 15 is 0 Å². The number of pyridine rings is 1. The molecule has 1 rings (SSSR count). The van der Waals surface area contributed by atoms with Crippen LogP contribution in [0.15, 0.2) is 23.1 Å². The van der Waals surface area contributed by atoms with Gasteiger partial charge in [-0.2, -0.15) is 0 Å². The smallest absolute Gasteiger partial charge is 0.247 e. The topological polar surface area (TPSA) is 79.1 Å². The SMILES string of the molecule is CC[C@H](N)[C@@H](O)c1ccc(=O)[nH]c1. The van der Waals surface area contributed by atoms with Crippen molar-refractivity contribution in [2.75, 3.05) is 0 Å². The zero-order valence-corrected chi connectivity index (χ0v) is 7.53. The predicted molar refractivity (Wildman–Crippen MR) is 50.3 cm³/mol. The van der Waals surface area contributed by atoms with E-state index in [0.717, 1.165) is 0 Å². The van der Waals surface area contributed by atoms with Crippen molar-refractivity contribution < 1.29 is 5.11 Å². The third-order valence-corrected chi connectivity index (χ3v) is 2.03. The van der Waals surface area contributed by atoms with Gasteiger partial charge in [0.15, 0.2) is 0 Å². The second-order valence-electron chi connectivity index (χ2n) is 3.00. The second-order valence-corrected chi connectivity index (χ2v) is 3.00. The van der Waals surface area contributed by atoms with E-state index < -0.39 is 6.10 Å². The lowest BCUT2D eigenvalue weighted by Gasteiger charge is -2.16. The fourth-order valence-electron chi connectivity index (χ4n) is 1.08. The highest BCUT2D eigenvalue weighted by atomic mass is 16.3. The summed E-state index contributed by atoms with van der Waals surface area (Å²) in [6.45, 7) is 1.90. The molecule has 0 aromatic carbocycles. The molecule has 0 aliphatic carbocycles. The van der Waals surface area contributed by atoms with Crippen molar-refractivity contribution in [3.8, 4) is 0 Å². The van der Waals surface area contributed by atoms with E-state index in [2.05, 4.69) is 4.98 Å². The van der Waals surface area contributed by atoms with E-state index in [0.29, 0.717) is 12.0 Å². The number of nitrogens with two attached hydrogens (primary N) is 1. The lowest BCUT2D eigenvalue weighted by molar-refractivity contribution is 0.144. The lowest BCUT2D eigenvalue weighted by Crippen LogP contribution is -2.27. The van der Waals surface area contributed by atoms with Crippen molar-refractivity contribution in [1.82, 2.24) is 4.98 Å². The Kier molecular flexibility index (Phi) is 3.22. The minimum Gasteiger partial charge on any atom is -0.387 e. The minimum atomic E-state index is -0.707. The maximum Gasteiger partial charge on any atom is 0.247 e. The van der Waals surface area contributed by atoms with Crippen LogP contribution in [0.4, 0.5) is 0 Å². The molecule has 4 heteroatoms. The zero-order chi connectivity index (χ0) is 9.84.